The zero-order valence-corrected chi connectivity index (χ0v) is 17.6. The molecule has 3 rings (SSSR count). The van der Waals surface area contributed by atoms with Crippen LogP contribution >= 0.6 is 22.9 Å². The summed E-state index contributed by atoms with van der Waals surface area (Å²) in [5.41, 5.74) is -0.373. The molecule has 1 amide bonds. The van der Waals surface area contributed by atoms with Gasteiger partial charge in [-0.2, -0.15) is 17.5 Å². The van der Waals surface area contributed by atoms with Crippen molar-refractivity contribution in [1.82, 2.24) is 14.2 Å². The lowest BCUT2D eigenvalue weighted by Gasteiger charge is -2.34. The molecule has 0 N–H and O–H groups in total. The Hall–Kier alpha value is -1.69. The van der Waals surface area contributed by atoms with Gasteiger partial charge in [-0.3, -0.25) is 4.79 Å². The number of halogens is 4. The van der Waals surface area contributed by atoms with Crippen LogP contribution in [-0.4, -0.2) is 54.7 Å². The molecule has 158 valence electrons. The number of aromatic nitrogens is 1. The van der Waals surface area contributed by atoms with Crippen LogP contribution in [0.4, 0.5) is 13.2 Å². The molecule has 0 radical (unpaired) electrons. The first kappa shape index (κ1) is 22.0. The van der Waals surface area contributed by atoms with Crippen molar-refractivity contribution in [3.05, 3.63) is 44.9 Å². The molecule has 0 saturated carbocycles. The number of piperazine rings is 1. The number of rotatable bonds is 4. The Morgan fingerprint density at radius 2 is 1.90 bits per heavy atom. The summed E-state index contributed by atoms with van der Waals surface area (Å²) in [6, 6.07) is 2.52. The van der Waals surface area contributed by atoms with Gasteiger partial charge in [0, 0.05) is 37.3 Å². The second-order valence-corrected chi connectivity index (χ2v) is 9.77. The molecule has 1 aromatic carbocycles. The molecule has 1 aromatic heterocycles. The number of amides is 1. The van der Waals surface area contributed by atoms with E-state index in [2.05, 4.69) is 4.98 Å². The normalized spacial score (nSPS) is 16.2. The number of alkyl halides is 3. The summed E-state index contributed by atoms with van der Waals surface area (Å²) in [7, 11) is -4.14. The summed E-state index contributed by atoms with van der Waals surface area (Å²) in [6.07, 6.45) is -4.63. The van der Waals surface area contributed by atoms with Crippen LogP contribution in [0.15, 0.2) is 28.5 Å². The first-order chi connectivity index (χ1) is 13.5. The van der Waals surface area contributed by atoms with E-state index in [9.17, 15) is 26.4 Å². The molecule has 2 heterocycles. The third kappa shape index (κ3) is 4.90. The summed E-state index contributed by atoms with van der Waals surface area (Å²) in [5.74, 6) is -0.165. The maximum Gasteiger partial charge on any atom is 0.417 e. The molecule has 6 nitrogen and oxygen atoms in total. The second-order valence-electron chi connectivity index (χ2n) is 6.48. The highest BCUT2D eigenvalue weighted by atomic mass is 35.5. The molecule has 12 heteroatoms. The molecule has 1 fully saturated rings. The first-order valence-corrected chi connectivity index (χ1v) is 11.2. The van der Waals surface area contributed by atoms with Crippen LogP contribution in [0.25, 0.3) is 0 Å². The van der Waals surface area contributed by atoms with Gasteiger partial charge in [0.25, 0.3) is 0 Å². The Labute approximate surface area is 175 Å². The molecule has 29 heavy (non-hydrogen) atoms. The standard InChI is InChI=1S/C17H17ClF3N3O3S2/c1-11-10-28-15(22-11)9-16(25)23-4-6-24(7-5-23)29(26,27)12-2-3-14(18)13(8-12)17(19,20)21/h2-3,8,10H,4-7,9H2,1H3. The SMILES string of the molecule is Cc1csc(CC(=O)N2CCN(S(=O)(=O)c3ccc(Cl)c(C(F)(F)F)c3)CC2)n1. The van der Waals surface area contributed by atoms with E-state index < -0.39 is 31.7 Å². The van der Waals surface area contributed by atoms with Crippen LogP contribution < -0.4 is 0 Å². The van der Waals surface area contributed by atoms with Crippen LogP contribution in [0.2, 0.25) is 5.02 Å². The fraction of sp³-hybridized carbons (Fsp3) is 0.412. The Morgan fingerprint density at radius 1 is 1.24 bits per heavy atom. The van der Waals surface area contributed by atoms with Gasteiger partial charge in [-0.05, 0) is 25.1 Å². The number of carbonyl (C=O) groups is 1. The number of benzene rings is 1. The monoisotopic (exact) mass is 467 g/mol. The van der Waals surface area contributed by atoms with Crippen LogP contribution in [-0.2, 0) is 27.4 Å². The van der Waals surface area contributed by atoms with Crippen LogP contribution in [0.5, 0.6) is 0 Å². The molecule has 0 spiro atoms. The van der Waals surface area contributed by atoms with E-state index in [4.69, 9.17) is 11.6 Å². The lowest BCUT2D eigenvalue weighted by atomic mass is 10.2. The average molecular weight is 468 g/mol. The fourth-order valence-corrected chi connectivity index (χ4v) is 5.37. The fourth-order valence-electron chi connectivity index (χ4n) is 2.93. The van der Waals surface area contributed by atoms with Crippen LogP contribution in [0.3, 0.4) is 0 Å². The van der Waals surface area contributed by atoms with Gasteiger partial charge in [0.05, 0.1) is 21.9 Å². The Kier molecular flexibility index (Phi) is 6.23. The second kappa shape index (κ2) is 8.21. The van der Waals surface area contributed by atoms with Crippen molar-refractivity contribution < 1.29 is 26.4 Å². The molecule has 0 unspecified atom stereocenters. The Bertz CT molecular complexity index is 1020. The molecular formula is C17H17ClF3N3O3S2. The number of sulfonamides is 1. The Balaban J connectivity index is 1.69. The summed E-state index contributed by atoms with van der Waals surface area (Å²) < 4.78 is 65.7. The molecule has 0 aliphatic carbocycles. The minimum Gasteiger partial charge on any atom is -0.340 e. The molecule has 1 aliphatic heterocycles. The molecule has 0 atom stereocenters. The van der Waals surface area contributed by atoms with Crippen molar-refractivity contribution in [2.45, 2.75) is 24.4 Å². The van der Waals surface area contributed by atoms with Crippen molar-refractivity contribution in [1.29, 1.82) is 0 Å². The van der Waals surface area contributed by atoms with E-state index in [1.807, 2.05) is 12.3 Å². The summed E-state index contributed by atoms with van der Waals surface area (Å²) >= 11 is 6.94. The van der Waals surface area contributed by atoms with E-state index in [1.54, 1.807) is 0 Å². The highest BCUT2D eigenvalue weighted by Gasteiger charge is 2.36. The van der Waals surface area contributed by atoms with Crippen molar-refractivity contribution in [3.63, 3.8) is 0 Å². The summed E-state index contributed by atoms with van der Waals surface area (Å²) in [6.45, 7) is 2.13. The maximum absolute atomic E-state index is 13.0. The van der Waals surface area contributed by atoms with E-state index in [1.165, 1.54) is 16.2 Å². The summed E-state index contributed by atoms with van der Waals surface area (Å²) in [5, 5.41) is 1.96. The van der Waals surface area contributed by atoms with Gasteiger partial charge < -0.3 is 4.90 Å². The number of hydrogen-bond donors (Lipinski definition) is 0. The Morgan fingerprint density at radius 3 is 2.45 bits per heavy atom. The predicted molar refractivity (Wildman–Crippen MR) is 102 cm³/mol. The maximum atomic E-state index is 13.0. The third-order valence-corrected chi connectivity index (χ3v) is 7.63. The van der Waals surface area contributed by atoms with Crippen molar-refractivity contribution in [3.8, 4) is 0 Å². The number of carbonyl (C=O) groups excluding carboxylic acids is 1. The molecular weight excluding hydrogens is 451 g/mol. The minimum atomic E-state index is -4.76. The number of aryl methyl sites for hydroxylation is 1. The van der Waals surface area contributed by atoms with Gasteiger partial charge in [0.1, 0.15) is 5.01 Å². The van der Waals surface area contributed by atoms with E-state index >= 15 is 0 Å². The lowest BCUT2D eigenvalue weighted by molar-refractivity contribution is -0.137. The number of hydrogen-bond acceptors (Lipinski definition) is 5. The largest absolute Gasteiger partial charge is 0.417 e. The zero-order valence-electron chi connectivity index (χ0n) is 15.2. The average Bonchev–Trinajstić information content (AvgIpc) is 3.05. The van der Waals surface area contributed by atoms with Gasteiger partial charge in [0.15, 0.2) is 0 Å². The van der Waals surface area contributed by atoms with Crippen molar-refractivity contribution in [2.24, 2.45) is 0 Å². The predicted octanol–water partition coefficient (Wildman–Crippen LogP) is 3.20. The number of nitrogens with zero attached hydrogens (tertiary/aromatic N) is 3. The van der Waals surface area contributed by atoms with E-state index in [0.29, 0.717) is 11.1 Å². The quantitative estimate of drug-likeness (QED) is 0.692. The minimum absolute atomic E-state index is 0.00501. The van der Waals surface area contributed by atoms with Crippen LogP contribution in [0, 0.1) is 6.92 Å². The van der Waals surface area contributed by atoms with E-state index in [0.717, 1.165) is 22.1 Å². The van der Waals surface area contributed by atoms with Gasteiger partial charge in [-0.1, -0.05) is 11.6 Å². The number of thiazole rings is 1. The van der Waals surface area contributed by atoms with Crippen molar-refractivity contribution in [2.75, 3.05) is 26.2 Å². The molecule has 0 bridgehead atoms. The van der Waals surface area contributed by atoms with Gasteiger partial charge in [0.2, 0.25) is 15.9 Å². The highest BCUT2D eigenvalue weighted by molar-refractivity contribution is 7.89. The summed E-state index contributed by atoms with van der Waals surface area (Å²) in [4.78, 5) is 17.7. The van der Waals surface area contributed by atoms with Crippen LogP contribution in [0.1, 0.15) is 16.3 Å². The highest BCUT2D eigenvalue weighted by Crippen LogP contribution is 2.36. The van der Waals surface area contributed by atoms with Gasteiger partial charge in [-0.25, -0.2) is 13.4 Å². The molecule has 1 aliphatic rings. The topological polar surface area (TPSA) is 70.6 Å². The third-order valence-electron chi connectivity index (χ3n) is 4.44. The lowest BCUT2D eigenvalue weighted by Crippen LogP contribution is -2.50. The smallest absolute Gasteiger partial charge is 0.340 e. The van der Waals surface area contributed by atoms with Crippen molar-refractivity contribution >= 4 is 38.9 Å². The van der Waals surface area contributed by atoms with Gasteiger partial charge in [-0.15, -0.1) is 11.3 Å². The van der Waals surface area contributed by atoms with Gasteiger partial charge >= 0.3 is 6.18 Å². The van der Waals surface area contributed by atoms with E-state index in [-0.39, 0.29) is 38.5 Å². The first-order valence-electron chi connectivity index (χ1n) is 8.54. The molecule has 2 aromatic rings. The molecule has 1 saturated heterocycles. The zero-order chi connectivity index (χ0) is 21.4.